The number of benzene rings is 1. The number of carbonyl (C=O) groups excluding carboxylic acids is 1. The summed E-state index contributed by atoms with van der Waals surface area (Å²) in [5.41, 5.74) is 1.94. The van der Waals surface area contributed by atoms with Crippen molar-refractivity contribution < 1.29 is 19.0 Å². The van der Waals surface area contributed by atoms with E-state index in [2.05, 4.69) is 13.2 Å². The quantitative estimate of drug-likeness (QED) is 0.499. The van der Waals surface area contributed by atoms with Gasteiger partial charge in [-0.25, -0.2) is 4.79 Å². The maximum Gasteiger partial charge on any atom is 0.410 e. The Kier molecular flexibility index (Phi) is 9.12. The minimum Gasteiger partial charge on any atom is -0.439 e. The van der Waals surface area contributed by atoms with Crippen molar-refractivity contribution in [3.05, 3.63) is 60.7 Å². The summed E-state index contributed by atoms with van der Waals surface area (Å²) < 4.78 is 18.4. The second-order valence-electron chi connectivity index (χ2n) is 8.51. The van der Waals surface area contributed by atoms with Crippen LogP contribution >= 0.6 is 0 Å². The summed E-state index contributed by atoms with van der Waals surface area (Å²) in [6.07, 6.45) is 1.55. The summed E-state index contributed by atoms with van der Waals surface area (Å²) in [4.78, 5) is 14.7. The predicted molar refractivity (Wildman–Crippen MR) is 120 cm³/mol. The summed E-state index contributed by atoms with van der Waals surface area (Å²) in [5, 5.41) is 0. The van der Waals surface area contributed by atoms with Gasteiger partial charge in [0, 0.05) is 12.1 Å². The molecule has 0 bridgehead atoms. The predicted octanol–water partition coefficient (Wildman–Crippen LogP) is 5.51. The van der Waals surface area contributed by atoms with Gasteiger partial charge >= 0.3 is 6.09 Å². The molecular formula is C25H37NO4. The van der Waals surface area contributed by atoms with Crippen LogP contribution in [0, 0.1) is 0 Å². The molecule has 0 spiro atoms. The van der Waals surface area contributed by atoms with Gasteiger partial charge in [0.2, 0.25) is 0 Å². The van der Waals surface area contributed by atoms with Crippen LogP contribution in [0.25, 0.3) is 0 Å². The molecular weight excluding hydrogens is 378 g/mol. The fourth-order valence-electron chi connectivity index (χ4n) is 3.90. The molecule has 1 heterocycles. The van der Waals surface area contributed by atoms with E-state index in [0.29, 0.717) is 19.4 Å². The van der Waals surface area contributed by atoms with Crippen LogP contribution in [-0.2, 0) is 20.8 Å². The Morgan fingerprint density at radius 1 is 1.20 bits per heavy atom. The van der Waals surface area contributed by atoms with Crippen molar-refractivity contribution in [2.45, 2.75) is 90.6 Å². The molecule has 4 atom stereocenters. The Balaban J connectivity index is 2.15. The largest absolute Gasteiger partial charge is 0.439 e. The molecule has 1 aliphatic rings. The SMILES string of the molecule is C=CC[C@@H]1CC(=C)[C@H](OC(=O)N(C(C)C)C(C)C)[C@@H]([C@H](C)OCc2ccccc2)O1. The molecule has 5 nitrogen and oxygen atoms in total. The highest BCUT2D eigenvalue weighted by molar-refractivity contribution is 5.69. The monoisotopic (exact) mass is 415 g/mol. The van der Waals surface area contributed by atoms with Gasteiger partial charge in [-0.15, -0.1) is 6.58 Å². The van der Waals surface area contributed by atoms with E-state index in [-0.39, 0.29) is 30.4 Å². The summed E-state index contributed by atoms with van der Waals surface area (Å²) in [6.45, 7) is 18.4. The van der Waals surface area contributed by atoms with E-state index >= 15 is 0 Å². The third-order valence-corrected chi connectivity index (χ3v) is 5.34. The smallest absolute Gasteiger partial charge is 0.410 e. The summed E-state index contributed by atoms with van der Waals surface area (Å²) in [5.74, 6) is 0. The number of amides is 1. The fraction of sp³-hybridized carbons (Fsp3) is 0.560. The molecule has 30 heavy (non-hydrogen) atoms. The Morgan fingerprint density at radius 3 is 2.40 bits per heavy atom. The lowest BCUT2D eigenvalue weighted by Gasteiger charge is -2.41. The van der Waals surface area contributed by atoms with Crippen LogP contribution in [0.1, 0.15) is 53.0 Å². The maximum absolute atomic E-state index is 12.9. The molecule has 166 valence electrons. The van der Waals surface area contributed by atoms with Crippen molar-refractivity contribution in [2.24, 2.45) is 0 Å². The van der Waals surface area contributed by atoms with Gasteiger partial charge in [0.15, 0.2) is 6.10 Å². The van der Waals surface area contributed by atoms with Crippen molar-refractivity contribution in [3.63, 3.8) is 0 Å². The standard InChI is InChI=1S/C25H37NO4/c1-8-12-22-15-19(6)23(30-25(27)26(17(2)3)18(4)5)24(29-22)20(7)28-16-21-13-10-9-11-14-21/h8-11,13-14,17-18,20,22-24H,1,6,12,15-16H2,2-5,7H3/t20-,22+,23-,24+/m0/s1. The van der Waals surface area contributed by atoms with E-state index in [1.54, 1.807) is 4.90 Å². The van der Waals surface area contributed by atoms with Crippen LogP contribution in [0.4, 0.5) is 4.79 Å². The maximum atomic E-state index is 12.9. The van der Waals surface area contributed by atoms with Gasteiger partial charge in [0.25, 0.3) is 0 Å². The van der Waals surface area contributed by atoms with Gasteiger partial charge in [-0.05, 0) is 58.6 Å². The number of carbonyl (C=O) groups is 1. The zero-order valence-electron chi connectivity index (χ0n) is 19.0. The highest BCUT2D eigenvalue weighted by atomic mass is 16.6. The average Bonchev–Trinajstić information content (AvgIpc) is 2.68. The molecule has 0 unspecified atom stereocenters. The van der Waals surface area contributed by atoms with E-state index < -0.39 is 12.2 Å². The van der Waals surface area contributed by atoms with Crippen molar-refractivity contribution in [3.8, 4) is 0 Å². The third-order valence-electron chi connectivity index (χ3n) is 5.34. The molecule has 1 aromatic rings. The van der Waals surface area contributed by atoms with E-state index in [1.165, 1.54) is 0 Å². The lowest BCUT2D eigenvalue weighted by molar-refractivity contribution is -0.155. The molecule has 0 N–H and O–H groups in total. The van der Waals surface area contributed by atoms with Gasteiger partial charge in [-0.2, -0.15) is 0 Å². The Hall–Kier alpha value is -2.11. The first-order chi connectivity index (χ1) is 14.2. The molecule has 1 aromatic carbocycles. The number of nitrogens with zero attached hydrogens (tertiary/aromatic N) is 1. The van der Waals surface area contributed by atoms with Gasteiger partial charge < -0.3 is 19.1 Å². The molecule has 1 amide bonds. The van der Waals surface area contributed by atoms with Crippen LogP contribution in [0.15, 0.2) is 55.1 Å². The summed E-state index contributed by atoms with van der Waals surface area (Å²) >= 11 is 0. The van der Waals surface area contributed by atoms with E-state index in [0.717, 1.165) is 11.1 Å². The number of rotatable bonds is 9. The lowest BCUT2D eigenvalue weighted by Crippen LogP contribution is -2.52. The summed E-state index contributed by atoms with van der Waals surface area (Å²) in [7, 11) is 0. The fourth-order valence-corrected chi connectivity index (χ4v) is 3.90. The molecule has 0 radical (unpaired) electrons. The van der Waals surface area contributed by atoms with Crippen LogP contribution in [0.2, 0.25) is 0 Å². The van der Waals surface area contributed by atoms with Crippen molar-refractivity contribution in [2.75, 3.05) is 0 Å². The Labute approximate surface area is 181 Å². The van der Waals surface area contributed by atoms with E-state index in [4.69, 9.17) is 14.2 Å². The first-order valence-electron chi connectivity index (χ1n) is 10.8. The topological polar surface area (TPSA) is 48.0 Å². The van der Waals surface area contributed by atoms with Gasteiger partial charge in [-0.3, -0.25) is 0 Å². The minimum atomic E-state index is -0.552. The van der Waals surface area contributed by atoms with Gasteiger partial charge in [-0.1, -0.05) is 43.0 Å². The molecule has 0 aromatic heterocycles. The van der Waals surface area contributed by atoms with Gasteiger partial charge in [0.1, 0.15) is 6.10 Å². The molecule has 1 saturated heterocycles. The van der Waals surface area contributed by atoms with Crippen LogP contribution in [0.5, 0.6) is 0 Å². The highest BCUT2D eigenvalue weighted by Gasteiger charge is 2.41. The van der Waals surface area contributed by atoms with Crippen molar-refractivity contribution in [1.29, 1.82) is 0 Å². The van der Waals surface area contributed by atoms with E-state index in [9.17, 15) is 4.79 Å². The average molecular weight is 416 g/mol. The van der Waals surface area contributed by atoms with Crippen LogP contribution in [-0.4, -0.2) is 47.5 Å². The second-order valence-corrected chi connectivity index (χ2v) is 8.51. The van der Waals surface area contributed by atoms with Crippen molar-refractivity contribution in [1.82, 2.24) is 4.90 Å². The number of hydrogen-bond donors (Lipinski definition) is 0. The van der Waals surface area contributed by atoms with Crippen LogP contribution in [0.3, 0.4) is 0 Å². The zero-order valence-corrected chi connectivity index (χ0v) is 19.0. The normalized spacial score (nSPS) is 22.8. The van der Waals surface area contributed by atoms with E-state index in [1.807, 2.05) is 71.0 Å². The zero-order chi connectivity index (χ0) is 22.3. The minimum absolute atomic E-state index is 0.0361. The van der Waals surface area contributed by atoms with Crippen LogP contribution < -0.4 is 0 Å². The lowest BCUT2D eigenvalue weighted by atomic mass is 9.92. The highest BCUT2D eigenvalue weighted by Crippen LogP contribution is 2.31. The third kappa shape index (κ3) is 6.44. The molecule has 1 aliphatic heterocycles. The Bertz CT molecular complexity index is 692. The van der Waals surface area contributed by atoms with Gasteiger partial charge in [0.05, 0.1) is 18.8 Å². The first kappa shape index (κ1) is 24.2. The summed E-state index contributed by atoms with van der Waals surface area (Å²) in [6, 6.07) is 10.1. The second kappa shape index (κ2) is 11.3. The molecule has 5 heteroatoms. The number of ether oxygens (including phenoxy) is 3. The molecule has 0 aliphatic carbocycles. The molecule has 1 fully saturated rings. The first-order valence-corrected chi connectivity index (χ1v) is 10.8. The number of hydrogen-bond acceptors (Lipinski definition) is 4. The molecule has 0 saturated carbocycles. The Morgan fingerprint density at radius 2 is 1.83 bits per heavy atom. The molecule has 2 rings (SSSR count). The van der Waals surface area contributed by atoms with Crippen molar-refractivity contribution >= 4 is 6.09 Å².